The lowest BCUT2D eigenvalue weighted by Gasteiger charge is -2.07. The van der Waals surface area contributed by atoms with E-state index in [1.807, 2.05) is 18.2 Å². The maximum atomic E-state index is 12.2. The number of rotatable bonds is 7. The quantitative estimate of drug-likeness (QED) is 0.597. The molecule has 3 rings (SSSR count). The van der Waals surface area contributed by atoms with Crippen molar-refractivity contribution in [1.82, 2.24) is 9.78 Å². The molecule has 0 radical (unpaired) electrons. The van der Waals surface area contributed by atoms with Gasteiger partial charge in [-0.25, -0.2) is 4.79 Å². The Hall–Kier alpha value is -3.16. The van der Waals surface area contributed by atoms with Crippen molar-refractivity contribution >= 4 is 29.3 Å². The summed E-state index contributed by atoms with van der Waals surface area (Å²) in [7, 11) is 3.29. The number of aryl methyl sites for hydroxylation is 1. The minimum absolute atomic E-state index is 0.359. The fraction of sp³-hybridized carbons (Fsp3) is 0.190. The molecule has 2 aromatic carbocycles. The number of hydrogen-bond donors (Lipinski definition) is 1. The molecule has 0 spiro atoms. The van der Waals surface area contributed by atoms with Crippen LogP contribution in [-0.2, 0) is 27.9 Å². The van der Waals surface area contributed by atoms with Gasteiger partial charge in [0, 0.05) is 30.8 Å². The number of carbonyl (C=O) groups is 2. The molecule has 3 aromatic rings. The van der Waals surface area contributed by atoms with Gasteiger partial charge < -0.3 is 14.8 Å². The van der Waals surface area contributed by atoms with E-state index in [9.17, 15) is 9.59 Å². The summed E-state index contributed by atoms with van der Waals surface area (Å²) in [5.74, 6) is -0.555. The summed E-state index contributed by atoms with van der Waals surface area (Å²) < 4.78 is 11.7. The summed E-state index contributed by atoms with van der Waals surface area (Å²) >= 11 is 5.90. The third-order valence-electron chi connectivity index (χ3n) is 4.10. The third-order valence-corrected chi connectivity index (χ3v) is 4.35. The Morgan fingerprint density at radius 2 is 1.90 bits per heavy atom. The standard InChI is InChI=1S/C21H20ClN3O4/c1-25-19(11-18(24-25)15-6-8-17(22)9-7-15)23-20(26)13-29-21(27)16-5-3-4-14(10-16)12-28-2/h3-11H,12-13H2,1-2H3,(H,23,26). The fourth-order valence-electron chi connectivity index (χ4n) is 2.69. The second-order valence-corrected chi connectivity index (χ2v) is 6.74. The van der Waals surface area contributed by atoms with E-state index in [0.29, 0.717) is 28.7 Å². The molecule has 0 aliphatic carbocycles. The van der Waals surface area contributed by atoms with Crippen molar-refractivity contribution in [2.24, 2.45) is 7.05 Å². The maximum absolute atomic E-state index is 12.2. The lowest BCUT2D eigenvalue weighted by Crippen LogP contribution is -2.22. The van der Waals surface area contributed by atoms with Crippen LogP contribution >= 0.6 is 11.6 Å². The minimum Gasteiger partial charge on any atom is -0.452 e. The van der Waals surface area contributed by atoms with E-state index in [2.05, 4.69) is 10.4 Å². The first-order chi connectivity index (χ1) is 14.0. The molecule has 29 heavy (non-hydrogen) atoms. The molecule has 0 aliphatic rings. The Bertz CT molecular complexity index is 1020. The first-order valence-corrected chi connectivity index (χ1v) is 9.19. The topological polar surface area (TPSA) is 82.4 Å². The zero-order chi connectivity index (χ0) is 20.8. The lowest BCUT2D eigenvalue weighted by molar-refractivity contribution is -0.119. The Morgan fingerprint density at radius 3 is 2.62 bits per heavy atom. The van der Waals surface area contributed by atoms with Crippen LogP contribution in [0.2, 0.25) is 5.02 Å². The van der Waals surface area contributed by atoms with Gasteiger partial charge in [-0.1, -0.05) is 35.9 Å². The van der Waals surface area contributed by atoms with Gasteiger partial charge in [0.05, 0.1) is 17.9 Å². The molecule has 0 saturated carbocycles. The van der Waals surface area contributed by atoms with Gasteiger partial charge in [0.2, 0.25) is 0 Å². The molecule has 0 atom stereocenters. The molecule has 1 aromatic heterocycles. The van der Waals surface area contributed by atoms with Crippen molar-refractivity contribution in [2.45, 2.75) is 6.61 Å². The second-order valence-electron chi connectivity index (χ2n) is 6.30. The molecule has 0 fully saturated rings. The SMILES string of the molecule is COCc1cccc(C(=O)OCC(=O)Nc2cc(-c3ccc(Cl)cc3)nn2C)c1. The normalized spacial score (nSPS) is 10.6. The largest absolute Gasteiger partial charge is 0.452 e. The number of ether oxygens (including phenoxy) is 2. The Labute approximate surface area is 173 Å². The molecule has 8 heteroatoms. The Morgan fingerprint density at radius 1 is 1.14 bits per heavy atom. The number of nitrogens with one attached hydrogen (secondary N) is 1. The average Bonchev–Trinajstić information content (AvgIpc) is 3.07. The number of benzene rings is 2. The second kappa shape index (κ2) is 9.36. The van der Waals surface area contributed by atoms with Gasteiger partial charge in [0.1, 0.15) is 5.82 Å². The van der Waals surface area contributed by atoms with Gasteiger partial charge in [0.15, 0.2) is 6.61 Å². The van der Waals surface area contributed by atoms with Gasteiger partial charge in [-0.15, -0.1) is 0 Å². The molecule has 7 nitrogen and oxygen atoms in total. The highest BCUT2D eigenvalue weighted by Gasteiger charge is 2.14. The van der Waals surface area contributed by atoms with Crippen LogP contribution in [0.1, 0.15) is 15.9 Å². The number of methoxy groups -OCH3 is 1. The average molecular weight is 414 g/mol. The van der Waals surface area contributed by atoms with E-state index < -0.39 is 18.5 Å². The highest BCUT2D eigenvalue weighted by Crippen LogP contribution is 2.23. The molecule has 1 amide bonds. The van der Waals surface area contributed by atoms with Crippen LogP contribution in [0.4, 0.5) is 5.82 Å². The number of anilines is 1. The molecule has 0 unspecified atom stereocenters. The third kappa shape index (κ3) is 5.43. The van der Waals surface area contributed by atoms with Gasteiger partial charge in [-0.2, -0.15) is 5.10 Å². The number of aromatic nitrogens is 2. The maximum Gasteiger partial charge on any atom is 0.338 e. The first kappa shape index (κ1) is 20.6. The van der Waals surface area contributed by atoms with E-state index in [1.54, 1.807) is 50.6 Å². The van der Waals surface area contributed by atoms with Crippen LogP contribution in [0.15, 0.2) is 54.6 Å². The highest BCUT2D eigenvalue weighted by atomic mass is 35.5. The van der Waals surface area contributed by atoms with E-state index in [4.69, 9.17) is 21.1 Å². The van der Waals surface area contributed by atoms with Crippen molar-refractivity contribution in [3.05, 3.63) is 70.7 Å². The van der Waals surface area contributed by atoms with Crippen LogP contribution in [-0.4, -0.2) is 35.4 Å². The lowest BCUT2D eigenvalue weighted by atomic mass is 10.1. The van der Waals surface area contributed by atoms with E-state index in [-0.39, 0.29) is 0 Å². The summed E-state index contributed by atoms with van der Waals surface area (Å²) in [6.07, 6.45) is 0. The number of esters is 1. The number of nitrogens with zero attached hydrogens (tertiary/aromatic N) is 2. The summed E-state index contributed by atoms with van der Waals surface area (Å²) in [4.78, 5) is 24.4. The smallest absolute Gasteiger partial charge is 0.338 e. The minimum atomic E-state index is -0.579. The summed E-state index contributed by atoms with van der Waals surface area (Å²) in [6.45, 7) is -0.0210. The van der Waals surface area contributed by atoms with Crippen LogP contribution in [0, 0.1) is 0 Å². The van der Waals surface area contributed by atoms with E-state index in [1.165, 1.54) is 4.68 Å². The number of hydrogen-bond acceptors (Lipinski definition) is 5. The van der Waals surface area contributed by atoms with Crippen molar-refractivity contribution < 1.29 is 19.1 Å². The summed E-state index contributed by atoms with van der Waals surface area (Å²) in [5, 5.41) is 7.69. The molecular formula is C21H20ClN3O4. The van der Waals surface area contributed by atoms with Gasteiger partial charge in [0.25, 0.3) is 5.91 Å². The van der Waals surface area contributed by atoms with Crippen molar-refractivity contribution in [3.8, 4) is 11.3 Å². The van der Waals surface area contributed by atoms with E-state index >= 15 is 0 Å². The highest BCUT2D eigenvalue weighted by molar-refractivity contribution is 6.30. The molecule has 1 N–H and O–H groups in total. The van der Waals surface area contributed by atoms with Gasteiger partial charge >= 0.3 is 5.97 Å². The van der Waals surface area contributed by atoms with Crippen molar-refractivity contribution in [3.63, 3.8) is 0 Å². The van der Waals surface area contributed by atoms with Crippen LogP contribution in [0.3, 0.4) is 0 Å². The van der Waals surface area contributed by atoms with Crippen LogP contribution < -0.4 is 5.32 Å². The summed E-state index contributed by atoms with van der Waals surface area (Å²) in [5.41, 5.74) is 2.76. The summed E-state index contributed by atoms with van der Waals surface area (Å²) in [6, 6.07) is 15.8. The Kier molecular flexibility index (Phi) is 6.64. The number of amides is 1. The molecule has 150 valence electrons. The predicted octanol–water partition coefficient (Wildman–Crippen LogP) is 3.68. The molecular weight excluding hydrogens is 394 g/mol. The van der Waals surface area contributed by atoms with Crippen molar-refractivity contribution in [1.29, 1.82) is 0 Å². The van der Waals surface area contributed by atoms with Gasteiger partial charge in [-0.3, -0.25) is 9.48 Å². The monoisotopic (exact) mass is 413 g/mol. The zero-order valence-corrected chi connectivity index (χ0v) is 16.8. The van der Waals surface area contributed by atoms with Gasteiger partial charge in [-0.05, 0) is 29.8 Å². The number of halogens is 1. The number of carbonyl (C=O) groups excluding carboxylic acids is 2. The van der Waals surface area contributed by atoms with Crippen LogP contribution in [0.5, 0.6) is 0 Å². The molecule has 0 aliphatic heterocycles. The molecule has 0 bridgehead atoms. The van der Waals surface area contributed by atoms with E-state index in [0.717, 1.165) is 11.1 Å². The van der Waals surface area contributed by atoms with Crippen LogP contribution in [0.25, 0.3) is 11.3 Å². The first-order valence-electron chi connectivity index (χ1n) is 8.81. The zero-order valence-electron chi connectivity index (χ0n) is 16.0. The Balaban J connectivity index is 1.59. The molecule has 0 saturated heterocycles. The molecule has 1 heterocycles. The fourth-order valence-corrected chi connectivity index (χ4v) is 2.82. The van der Waals surface area contributed by atoms with Crippen molar-refractivity contribution in [2.75, 3.05) is 19.0 Å². The predicted molar refractivity (Wildman–Crippen MR) is 110 cm³/mol.